The Balaban J connectivity index is 2.20. The van der Waals surface area contributed by atoms with Gasteiger partial charge in [-0.1, -0.05) is 6.07 Å². The molecule has 0 radical (unpaired) electrons. The Kier molecular flexibility index (Phi) is 6.34. The van der Waals surface area contributed by atoms with Gasteiger partial charge in [-0.15, -0.1) is 0 Å². The minimum absolute atomic E-state index is 0.0239. The molecule has 0 aromatic heterocycles. The van der Waals surface area contributed by atoms with E-state index < -0.39 is 15.9 Å². The van der Waals surface area contributed by atoms with Crippen LogP contribution in [0.2, 0.25) is 0 Å². The molecule has 0 spiro atoms. The molecule has 1 aromatic rings. The molecule has 2 N–H and O–H groups in total. The first-order valence-corrected chi connectivity index (χ1v) is 9.73. The van der Waals surface area contributed by atoms with E-state index >= 15 is 0 Å². The van der Waals surface area contributed by atoms with Crippen LogP contribution in [-0.2, 0) is 14.8 Å². The van der Waals surface area contributed by atoms with Crippen molar-refractivity contribution in [3.63, 3.8) is 0 Å². The number of nitrogens with two attached hydrogens (primary N) is 1. The van der Waals surface area contributed by atoms with Gasteiger partial charge >= 0.3 is 0 Å². The van der Waals surface area contributed by atoms with Crippen LogP contribution in [0.5, 0.6) is 0 Å². The van der Waals surface area contributed by atoms with Crippen LogP contribution in [0.25, 0.3) is 0 Å². The van der Waals surface area contributed by atoms with Gasteiger partial charge in [-0.05, 0) is 31.0 Å². The summed E-state index contributed by atoms with van der Waals surface area (Å²) in [5, 5.41) is 9.06. The molecular formula is C17H22N4O4S. The first-order chi connectivity index (χ1) is 12.3. The highest BCUT2D eigenvalue weighted by molar-refractivity contribution is 7.89. The number of hydrogen-bond acceptors (Lipinski definition) is 5. The van der Waals surface area contributed by atoms with Gasteiger partial charge in [-0.3, -0.25) is 9.59 Å². The largest absolute Gasteiger partial charge is 0.370 e. The zero-order valence-electron chi connectivity index (χ0n) is 14.6. The van der Waals surface area contributed by atoms with Crippen LogP contribution in [0.1, 0.15) is 29.6 Å². The lowest BCUT2D eigenvalue weighted by atomic mass is 9.99. The molecule has 0 unspecified atom stereocenters. The SMILES string of the molecule is CN(CCC(N)=O)S(=O)(=O)c1cccc(C(=O)N2CCC[C@H](C#N)C2)c1. The van der Waals surface area contributed by atoms with Crippen molar-refractivity contribution < 1.29 is 18.0 Å². The summed E-state index contributed by atoms with van der Waals surface area (Å²) in [4.78, 5) is 25.1. The van der Waals surface area contributed by atoms with Gasteiger partial charge in [0.15, 0.2) is 0 Å². The van der Waals surface area contributed by atoms with Gasteiger partial charge < -0.3 is 10.6 Å². The van der Waals surface area contributed by atoms with Crippen molar-refractivity contribution in [2.24, 2.45) is 11.7 Å². The zero-order chi connectivity index (χ0) is 19.3. The number of benzene rings is 1. The second-order valence-corrected chi connectivity index (χ2v) is 8.34. The minimum atomic E-state index is -3.83. The second-order valence-electron chi connectivity index (χ2n) is 6.29. The smallest absolute Gasteiger partial charge is 0.253 e. The Labute approximate surface area is 153 Å². The molecule has 1 saturated heterocycles. The Bertz CT molecular complexity index is 831. The molecule has 2 rings (SSSR count). The third kappa shape index (κ3) is 4.59. The third-order valence-corrected chi connectivity index (χ3v) is 6.21. The maximum Gasteiger partial charge on any atom is 0.253 e. The predicted octanol–water partition coefficient (Wildman–Crippen LogP) is 0.558. The summed E-state index contributed by atoms with van der Waals surface area (Å²) in [7, 11) is -2.48. The average Bonchev–Trinajstić information content (AvgIpc) is 2.65. The van der Waals surface area contributed by atoms with E-state index in [1.54, 1.807) is 11.0 Å². The number of carbonyl (C=O) groups is 2. The standard InChI is InChI=1S/C17H22N4O4S/c1-20(9-7-16(19)22)26(24,25)15-6-2-5-14(10-15)17(23)21-8-3-4-13(11-18)12-21/h2,5-6,10,13H,3-4,7-9,12H2,1H3,(H2,19,22)/t13-/m1/s1. The summed E-state index contributed by atoms with van der Waals surface area (Å²) < 4.78 is 26.2. The summed E-state index contributed by atoms with van der Waals surface area (Å²) in [5.41, 5.74) is 5.32. The average molecular weight is 378 g/mol. The van der Waals surface area contributed by atoms with Gasteiger partial charge in [0, 0.05) is 38.7 Å². The van der Waals surface area contributed by atoms with Gasteiger partial charge in [-0.25, -0.2) is 12.7 Å². The first kappa shape index (κ1) is 19.9. The van der Waals surface area contributed by atoms with E-state index in [0.29, 0.717) is 13.1 Å². The number of likely N-dealkylation sites (tertiary alicyclic amines) is 1. The highest BCUT2D eigenvalue weighted by atomic mass is 32.2. The van der Waals surface area contributed by atoms with Crippen LogP contribution in [-0.4, -0.2) is 56.1 Å². The van der Waals surface area contributed by atoms with Crippen molar-refractivity contribution in [2.75, 3.05) is 26.7 Å². The Morgan fingerprint density at radius 2 is 2.15 bits per heavy atom. The van der Waals surface area contributed by atoms with E-state index in [4.69, 9.17) is 11.0 Å². The molecule has 1 heterocycles. The third-order valence-electron chi connectivity index (χ3n) is 4.35. The molecule has 8 nitrogen and oxygen atoms in total. The molecule has 9 heteroatoms. The van der Waals surface area contributed by atoms with Crippen LogP contribution >= 0.6 is 0 Å². The quantitative estimate of drug-likeness (QED) is 0.774. The lowest BCUT2D eigenvalue weighted by Gasteiger charge is -2.29. The number of nitriles is 1. The van der Waals surface area contributed by atoms with Crippen molar-refractivity contribution in [1.82, 2.24) is 9.21 Å². The molecule has 0 aliphatic carbocycles. The van der Waals surface area contributed by atoms with E-state index in [0.717, 1.165) is 17.1 Å². The monoisotopic (exact) mass is 378 g/mol. The molecule has 140 valence electrons. The van der Waals surface area contributed by atoms with Crippen molar-refractivity contribution in [2.45, 2.75) is 24.2 Å². The molecule has 0 bridgehead atoms. The molecule has 26 heavy (non-hydrogen) atoms. The number of sulfonamides is 1. The van der Waals surface area contributed by atoms with Crippen LogP contribution in [0, 0.1) is 17.2 Å². The number of primary amides is 1. The lowest BCUT2D eigenvalue weighted by molar-refractivity contribution is -0.118. The Morgan fingerprint density at radius 3 is 2.81 bits per heavy atom. The number of rotatable bonds is 6. The van der Waals surface area contributed by atoms with Crippen LogP contribution in [0.4, 0.5) is 0 Å². The number of carbonyl (C=O) groups excluding carboxylic acids is 2. The second kappa shape index (κ2) is 8.29. The predicted molar refractivity (Wildman–Crippen MR) is 94.3 cm³/mol. The van der Waals surface area contributed by atoms with Gasteiger partial charge in [0.05, 0.1) is 16.9 Å². The maximum atomic E-state index is 12.7. The van der Waals surface area contributed by atoms with E-state index in [1.165, 1.54) is 25.2 Å². The van der Waals surface area contributed by atoms with E-state index in [1.807, 2.05) is 0 Å². The number of nitrogens with zero attached hydrogens (tertiary/aromatic N) is 3. The summed E-state index contributed by atoms with van der Waals surface area (Å²) in [6.07, 6.45) is 1.43. The summed E-state index contributed by atoms with van der Waals surface area (Å²) in [6.45, 7) is 0.864. The van der Waals surface area contributed by atoms with Crippen molar-refractivity contribution in [3.8, 4) is 6.07 Å². The highest BCUT2D eigenvalue weighted by Crippen LogP contribution is 2.21. The number of piperidine rings is 1. The lowest BCUT2D eigenvalue weighted by Crippen LogP contribution is -2.39. The fourth-order valence-electron chi connectivity index (χ4n) is 2.81. The maximum absolute atomic E-state index is 12.7. The van der Waals surface area contributed by atoms with Crippen molar-refractivity contribution in [1.29, 1.82) is 5.26 Å². The van der Waals surface area contributed by atoms with Gasteiger partial charge in [0.2, 0.25) is 15.9 Å². The fourth-order valence-corrected chi connectivity index (χ4v) is 4.02. The highest BCUT2D eigenvalue weighted by Gasteiger charge is 2.26. The van der Waals surface area contributed by atoms with Crippen LogP contribution < -0.4 is 5.73 Å². The molecule has 1 aliphatic heterocycles. The van der Waals surface area contributed by atoms with Gasteiger partial charge in [-0.2, -0.15) is 5.26 Å². The molecule has 1 atom stereocenters. The normalized spacial score (nSPS) is 17.7. The van der Waals surface area contributed by atoms with Crippen molar-refractivity contribution >= 4 is 21.8 Å². The molecule has 1 aromatic carbocycles. The molecule has 0 saturated carbocycles. The summed E-state index contributed by atoms with van der Waals surface area (Å²) in [5.74, 6) is -1.07. The van der Waals surface area contributed by atoms with E-state index in [-0.39, 0.29) is 35.2 Å². The van der Waals surface area contributed by atoms with Gasteiger partial charge in [0.1, 0.15) is 0 Å². The van der Waals surface area contributed by atoms with E-state index in [2.05, 4.69) is 6.07 Å². The topological polar surface area (TPSA) is 125 Å². The number of amides is 2. The fraction of sp³-hybridized carbons (Fsp3) is 0.471. The Hall–Kier alpha value is -2.44. The van der Waals surface area contributed by atoms with Crippen LogP contribution in [0.15, 0.2) is 29.2 Å². The number of hydrogen-bond donors (Lipinski definition) is 1. The summed E-state index contributed by atoms with van der Waals surface area (Å²) >= 11 is 0. The Morgan fingerprint density at radius 1 is 1.42 bits per heavy atom. The molecule has 1 fully saturated rings. The molecule has 2 amide bonds. The minimum Gasteiger partial charge on any atom is -0.370 e. The van der Waals surface area contributed by atoms with Crippen LogP contribution in [0.3, 0.4) is 0 Å². The summed E-state index contributed by atoms with van der Waals surface area (Å²) in [6, 6.07) is 7.98. The molecule has 1 aliphatic rings. The van der Waals surface area contributed by atoms with Crippen molar-refractivity contribution in [3.05, 3.63) is 29.8 Å². The first-order valence-electron chi connectivity index (χ1n) is 8.29. The molecular weight excluding hydrogens is 356 g/mol. The van der Waals surface area contributed by atoms with E-state index in [9.17, 15) is 18.0 Å². The zero-order valence-corrected chi connectivity index (χ0v) is 15.4. The van der Waals surface area contributed by atoms with Gasteiger partial charge in [0.25, 0.3) is 5.91 Å².